The number of halogens is 5. The van der Waals surface area contributed by atoms with E-state index in [0.29, 0.717) is 12.1 Å². The van der Waals surface area contributed by atoms with Gasteiger partial charge < -0.3 is 9.84 Å². The molecule has 4 aromatic rings. The fourth-order valence-electron chi connectivity index (χ4n) is 3.44. The fourth-order valence-corrected chi connectivity index (χ4v) is 3.44. The van der Waals surface area contributed by atoms with Crippen molar-refractivity contribution in [1.29, 1.82) is 0 Å². The minimum Gasteiger partial charge on any atom is -0.353 e. The second kappa shape index (κ2) is 8.36. The number of nitrogens with zero attached hydrogens (tertiary/aromatic N) is 3. The number of anilines is 1. The van der Waals surface area contributed by atoms with E-state index in [9.17, 15) is 31.5 Å². The normalized spacial score (nSPS) is 11.7. The van der Waals surface area contributed by atoms with Crippen molar-refractivity contribution in [2.45, 2.75) is 26.6 Å². The van der Waals surface area contributed by atoms with Crippen molar-refractivity contribution < 1.29 is 31.3 Å². The number of amides is 1. The molecule has 2 aromatic heterocycles. The van der Waals surface area contributed by atoms with Crippen LogP contribution in [-0.2, 0) is 17.5 Å². The summed E-state index contributed by atoms with van der Waals surface area (Å²) in [4.78, 5) is 24.4. The summed E-state index contributed by atoms with van der Waals surface area (Å²) in [7, 11) is 0. The SMILES string of the molecule is CC(=O)Nc1cc(-c2nn(Cc3ccc(F)c(C(F)(F)F)c3)c(=O)c3c(C)noc23)ccc1F. The molecule has 0 bridgehead atoms. The van der Waals surface area contributed by atoms with Crippen LogP contribution >= 0.6 is 0 Å². The second-order valence-corrected chi connectivity index (χ2v) is 7.47. The van der Waals surface area contributed by atoms with Crippen molar-refractivity contribution in [3.05, 3.63) is 75.2 Å². The Bertz CT molecular complexity index is 1490. The van der Waals surface area contributed by atoms with Gasteiger partial charge in [0.2, 0.25) is 11.5 Å². The Kier molecular flexibility index (Phi) is 5.67. The van der Waals surface area contributed by atoms with Crippen LogP contribution in [-0.4, -0.2) is 20.8 Å². The first-order valence-corrected chi connectivity index (χ1v) is 9.76. The summed E-state index contributed by atoms with van der Waals surface area (Å²) in [5.41, 5.74) is -1.87. The average Bonchev–Trinajstić information content (AvgIpc) is 3.14. The van der Waals surface area contributed by atoms with Gasteiger partial charge in [0.15, 0.2) is 0 Å². The Labute approximate surface area is 187 Å². The Balaban J connectivity index is 1.88. The minimum atomic E-state index is -4.92. The first-order valence-electron chi connectivity index (χ1n) is 9.76. The van der Waals surface area contributed by atoms with Gasteiger partial charge in [-0.2, -0.15) is 18.3 Å². The molecule has 0 radical (unpaired) electrons. The molecule has 1 amide bonds. The van der Waals surface area contributed by atoms with Gasteiger partial charge in [-0.1, -0.05) is 11.2 Å². The van der Waals surface area contributed by atoms with Gasteiger partial charge in [-0.05, 0) is 42.8 Å². The Morgan fingerprint density at radius 3 is 2.50 bits per heavy atom. The summed E-state index contributed by atoms with van der Waals surface area (Å²) in [5.74, 6) is -2.69. The van der Waals surface area contributed by atoms with Gasteiger partial charge in [-0.25, -0.2) is 13.5 Å². The van der Waals surface area contributed by atoms with E-state index >= 15 is 0 Å². The first-order chi connectivity index (χ1) is 16.0. The molecule has 4 rings (SSSR count). The highest BCUT2D eigenvalue weighted by atomic mass is 19.4. The number of alkyl halides is 3. The van der Waals surface area contributed by atoms with Crippen LogP contribution in [0.5, 0.6) is 0 Å². The number of aromatic nitrogens is 3. The van der Waals surface area contributed by atoms with Crippen molar-refractivity contribution in [2.24, 2.45) is 0 Å². The molecule has 176 valence electrons. The van der Waals surface area contributed by atoms with Crippen LogP contribution in [0.3, 0.4) is 0 Å². The third kappa shape index (κ3) is 4.26. The molecule has 0 fully saturated rings. The number of aryl methyl sites for hydroxylation is 1. The molecule has 0 saturated carbocycles. The quantitative estimate of drug-likeness (QED) is 0.431. The Morgan fingerprint density at radius 1 is 1.12 bits per heavy atom. The fraction of sp³-hybridized carbons (Fsp3) is 0.182. The van der Waals surface area contributed by atoms with Crippen molar-refractivity contribution in [3.8, 4) is 11.3 Å². The monoisotopic (exact) mass is 478 g/mol. The predicted octanol–water partition coefficient (Wildman–Crippen LogP) is 4.66. The van der Waals surface area contributed by atoms with Crippen LogP contribution in [0.4, 0.5) is 27.6 Å². The van der Waals surface area contributed by atoms with E-state index in [0.717, 1.165) is 16.8 Å². The maximum Gasteiger partial charge on any atom is 0.419 e. The lowest BCUT2D eigenvalue weighted by molar-refractivity contribution is -0.140. The van der Waals surface area contributed by atoms with Gasteiger partial charge in [0, 0.05) is 12.5 Å². The third-order valence-electron chi connectivity index (χ3n) is 4.97. The Hall–Kier alpha value is -4.09. The van der Waals surface area contributed by atoms with E-state index in [1.165, 1.54) is 26.0 Å². The zero-order valence-electron chi connectivity index (χ0n) is 17.6. The van der Waals surface area contributed by atoms with E-state index in [2.05, 4.69) is 15.6 Å². The summed E-state index contributed by atoms with van der Waals surface area (Å²) in [5, 5.41) is 10.3. The summed E-state index contributed by atoms with van der Waals surface area (Å²) < 4.78 is 73.2. The summed E-state index contributed by atoms with van der Waals surface area (Å²) in [6.45, 7) is 2.27. The van der Waals surface area contributed by atoms with Crippen molar-refractivity contribution in [2.75, 3.05) is 5.32 Å². The van der Waals surface area contributed by atoms with Crippen LogP contribution in [0.2, 0.25) is 0 Å². The molecule has 2 aromatic carbocycles. The van der Waals surface area contributed by atoms with Crippen molar-refractivity contribution in [3.63, 3.8) is 0 Å². The van der Waals surface area contributed by atoms with Gasteiger partial charge in [-0.15, -0.1) is 0 Å². The van der Waals surface area contributed by atoms with Crippen molar-refractivity contribution in [1.82, 2.24) is 14.9 Å². The number of carbonyl (C=O) groups is 1. The lowest BCUT2D eigenvalue weighted by atomic mass is 10.1. The molecule has 0 atom stereocenters. The van der Waals surface area contributed by atoms with E-state index < -0.39 is 41.4 Å². The lowest BCUT2D eigenvalue weighted by Crippen LogP contribution is -2.24. The molecule has 2 heterocycles. The number of hydrogen-bond acceptors (Lipinski definition) is 5. The Morgan fingerprint density at radius 2 is 1.82 bits per heavy atom. The molecular weight excluding hydrogens is 463 g/mol. The molecule has 34 heavy (non-hydrogen) atoms. The smallest absolute Gasteiger partial charge is 0.353 e. The van der Waals surface area contributed by atoms with Gasteiger partial charge in [0.05, 0.1) is 23.5 Å². The largest absolute Gasteiger partial charge is 0.419 e. The summed E-state index contributed by atoms with van der Waals surface area (Å²) in [6, 6.07) is 6.03. The molecule has 0 spiro atoms. The third-order valence-corrected chi connectivity index (χ3v) is 4.97. The zero-order valence-corrected chi connectivity index (χ0v) is 17.6. The highest BCUT2D eigenvalue weighted by Crippen LogP contribution is 2.32. The number of nitrogens with one attached hydrogen (secondary N) is 1. The molecule has 0 aliphatic carbocycles. The van der Waals surface area contributed by atoms with E-state index in [1.54, 1.807) is 0 Å². The molecule has 0 aliphatic heterocycles. The summed E-state index contributed by atoms with van der Waals surface area (Å²) >= 11 is 0. The van der Waals surface area contributed by atoms with Gasteiger partial charge in [-0.3, -0.25) is 9.59 Å². The van der Waals surface area contributed by atoms with Crippen molar-refractivity contribution >= 4 is 22.6 Å². The van der Waals surface area contributed by atoms with E-state index in [-0.39, 0.29) is 39.2 Å². The minimum absolute atomic E-state index is 0.0192. The number of fused-ring (bicyclic) bond motifs is 1. The zero-order chi connectivity index (χ0) is 24.8. The highest BCUT2D eigenvalue weighted by molar-refractivity contribution is 5.93. The van der Waals surface area contributed by atoms with Crippen LogP contribution in [0, 0.1) is 18.6 Å². The predicted molar refractivity (Wildman–Crippen MR) is 111 cm³/mol. The topological polar surface area (TPSA) is 90.0 Å². The average molecular weight is 478 g/mol. The molecular formula is C22H15F5N4O3. The van der Waals surface area contributed by atoms with Crippen LogP contribution in [0.1, 0.15) is 23.7 Å². The number of carbonyl (C=O) groups excluding carboxylic acids is 1. The van der Waals surface area contributed by atoms with E-state index in [4.69, 9.17) is 4.52 Å². The maximum absolute atomic E-state index is 14.1. The second-order valence-electron chi connectivity index (χ2n) is 7.47. The standard InChI is InChI=1S/C22H15F5N4O3/c1-10-18-20(34-30-10)19(13-4-6-16(24)17(8-13)28-11(2)32)29-31(21(18)33)9-12-3-5-15(23)14(7-12)22(25,26)27/h3-8H,9H2,1-2H3,(H,28,32). The number of hydrogen-bond donors (Lipinski definition) is 1. The molecule has 0 saturated heterocycles. The number of rotatable bonds is 4. The number of benzene rings is 2. The molecule has 7 nitrogen and oxygen atoms in total. The highest BCUT2D eigenvalue weighted by Gasteiger charge is 2.34. The van der Waals surface area contributed by atoms with Crippen LogP contribution < -0.4 is 10.9 Å². The lowest BCUT2D eigenvalue weighted by Gasteiger charge is -2.12. The molecule has 1 N–H and O–H groups in total. The summed E-state index contributed by atoms with van der Waals surface area (Å²) in [6.07, 6.45) is -4.92. The maximum atomic E-state index is 14.1. The van der Waals surface area contributed by atoms with Gasteiger partial charge in [0.25, 0.3) is 5.56 Å². The van der Waals surface area contributed by atoms with Gasteiger partial charge in [0.1, 0.15) is 22.7 Å². The molecule has 0 unspecified atom stereocenters. The molecule has 0 aliphatic rings. The van der Waals surface area contributed by atoms with Crippen LogP contribution in [0.15, 0.2) is 45.7 Å². The first kappa shape index (κ1) is 23.1. The molecule has 12 heteroatoms. The van der Waals surface area contributed by atoms with E-state index in [1.807, 2.05) is 0 Å². The van der Waals surface area contributed by atoms with Gasteiger partial charge >= 0.3 is 6.18 Å². The van der Waals surface area contributed by atoms with Crippen LogP contribution in [0.25, 0.3) is 22.2 Å².